The van der Waals surface area contributed by atoms with Gasteiger partial charge < -0.3 is 5.73 Å². The van der Waals surface area contributed by atoms with Gasteiger partial charge >= 0.3 is 0 Å². The lowest BCUT2D eigenvalue weighted by molar-refractivity contribution is 0.514. The highest BCUT2D eigenvalue weighted by Crippen LogP contribution is 2.50. The number of aromatic nitrogens is 2. The van der Waals surface area contributed by atoms with Crippen LogP contribution < -0.4 is 5.73 Å². The van der Waals surface area contributed by atoms with E-state index >= 15 is 0 Å². The Balaban J connectivity index is 1.78. The number of nitrogens with zero attached hydrogens (tertiary/aromatic N) is 2. The van der Waals surface area contributed by atoms with Crippen molar-refractivity contribution in [1.29, 1.82) is 0 Å². The molecule has 1 unspecified atom stereocenters. The van der Waals surface area contributed by atoms with Crippen LogP contribution in [0.5, 0.6) is 0 Å². The summed E-state index contributed by atoms with van der Waals surface area (Å²) in [5.41, 5.74) is 9.27. The highest BCUT2D eigenvalue weighted by atomic mass is 15.2. The van der Waals surface area contributed by atoms with Gasteiger partial charge in [0.2, 0.25) is 0 Å². The fourth-order valence-electron chi connectivity index (χ4n) is 2.80. The molecule has 0 amide bonds. The Bertz CT molecular complexity index is 526. The summed E-state index contributed by atoms with van der Waals surface area (Å²) < 4.78 is 1.84. The van der Waals surface area contributed by atoms with Crippen LogP contribution in [0, 0.1) is 0 Å². The summed E-state index contributed by atoms with van der Waals surface area (Å²) in [6, 6.07) is 10.9. The first-order valence-electron chi connectivity index (χ1n) is 6.49. The average molecular weight is 241 g/mol. The van der Waals surface area contributed by atoms with Gasteiger partial charge in [0, 0.05) is 24.7 Å². The molecular formula is C15H19N3. The van der Waals surface area contributed by atoms with Crippen molar-refractivity contribution in [3.05, 3.63) is 53.9 Å². The van der Waals surface area contributed by atoms with Gasteiger partial charge in [-0.25, -0.2) is 0 Å². The van der Waals surface area contributed by atoms with E-state index in [-0.39, 0.29) is 11.5 Å². The molecule has 1 aliphatic carbocycles. The maximum absolute atomic E-state index is 6.45. The molecule has 1 aliphatic rings. The molecule has 1 fully saturated rings. The molecule has 0 aliphatic heterocycles. The van der Waals surface area contributed by atoms with Gasteiger partial charge in [0.05, 0.1) is 6.20 Å². The van der Waals surface area contributed by atoms with Crippen molar-refractivity contribution in [2.45, 2.75) is 30.7 Å². The summed E-state index contributed by atoms with van der Waals surface area (Å²) >= 11 is 0. The third kappa shape index (κ3) is 1.95. The molecule has 1 aromatic carbocycles. The summed E-state index contributed by atoms with van der Waals surface area (Å²) in [5, 5.41) is 4.21. The number of hydrogen-bond donors (Lipinski definition) is 1. The van der Waals surface area contributed by atoms with Gasteiger partial charge in [-0.15, -0.1) is 0 Å². The quantitative estimate of drug-likeness (QED) is 0.890. The van der Waals surface area contributed by atoms with Crippen LogP contribution in [-0.4, -0.2) is 15.8 Å². The van der Waals surface area contributed by atoms with E-state index in [0.717, 1.165) is 6.42 Å². The van der Waals surface area contributed by atoms with E-state index < -0.39 is 0 Å². The third-order valence-corrected chi connectivity index (χ3v) is 4.06. The van der Waals surface area contributed by atoms with E-state index in [1.165, 1.54) is 24.0 Å². The summed E-state index contributed by atoms with van der Waals surface area (Å²) in [6.07, 6.45) is 7.29. The number of benzene rings is 1. The van der Waals surface area contributed by atoms with Gasteiger partial charge in [-0.2, -0.15) is 5.10 Å². The topological polar surface area (TPSA) is 43.8 Å². The van der Waals surface area contributed by atoms with Crippen LogP contribution in [0.4, 0.5) is 0 Å². The van der Waals surface area contributed by atoms with Crippen LogP contribution in [0.25, 0.3) is 0 Å². The molecule has 3 rings (SSSR count). The number of hydrogen-bond acceptors (Lipinski definition) is 2. The maximum atomic E-state index is 6.45. The highest BCUT2D eigenvalue weighted by Gasteiger charge is 2.48. The summed E-state index contributed by atoms with van der Waals surface area (Å²) in [5.74, 6) is 0. The molecule has 2 N–H and O–H groups in total. The van der Waals surface area contributed by atoms with Gasteiger partial charge in [0.25, 0.3) is 0 Å². The molecule has 0 saturated heterocycles. The molecule has 1 aromatic heterocycles. The van der Waals surface area contributed by atoms with Crippen LogP contribution in [-0.2, 0) is 18.9 Å². The number of rotatable bonds is 4. The van der Waals surface area contributed by atoms with Crippen molar-refractivity contribution in [3.63, 3.8) is 0 Å². The minimum absolute atomic E-state index is 0.184. The highest BCUT2D eigenvalue weighted by molar-refractivity contribution is 5.34. The summed E-state index contributed by atoms with van der Waals surface area (Å²) in [7, 11) is 1.94. The predicted octanol–water partition coefficient (Wildman–Crippen LogP) is 2.02. The van der Waals surface area contributed by atoms with E-state index in [1.54, 1.807) is 0 Å². The largest absolute Gasteiger partial charge is 0.327 e. The smallest absolute Gasteiger partial charge is 0.0522 e. The van der Waals surface area contributed by atoms with E-state index in [0.29, 0.717) is 0 Å². The lowest BCUT2D eigenvalue weighted by Gasteiger charge is -2.23. The molecular weight excluding hydrogens is 222 g/mol. The molecule has 0 spiro atoms. The second-order valence-corrected chi connectivity index (χ2v) is 5.36. The minimum atomic E-state index is 0.184. The van der Waals surface area contributed by atoms with E-state index in [1.807, 2.05) is 17.9 Å². The van der Waals surface area contributed by atoms with Crippen LogP contribution in [0.15, 0.2) is 42.7 Å². The number of nitrogens with two attached hydrogens (primary N) is 1. The average Bonchev–Trinajstić information content (AvgIpc) is 3.10. The fourth-order valence-corrected chi connectivity index (χ4v) is 2.80. The molecule has 94 valence electrons. The van der Waals surface area contributed by atoms with Crippen LogP contribution in [0.2, 0.25) is 0 Å². The van der Waals surface area contributed by atoms with Crippen LogP contribution in [0.1, 0.15) is 24.0 Å². The molecule has 18 heavy (non-hydrogen) atoms. The zero-order valence-electron chi connectivity index (χ0n) is 10.7. The monoisotopic (exact) mass is 241 g/mol. The van der Waals surface area contributed by atoms with Crippen molar-refractivity contribution < 1.29 is 0 Å². The van der Waals surface area contributed by atoms with E-state index in [2.05, 4.69) is 41.6 Å². The van der Waals surface area contributed by atoms with Gasteiger partial charge in [-0.1, -0.05) is 30.3 Å². The van der Waals surface area contributed by atoms with Crippen molar-refractivity contribution in [2.75, 3.05) is 0 Å². The molecule has 3 nitrogen and oxygen atoms in total. The molecule has 0 bridgehead atoms. The van der Waals surface area contributed by atoms with Gasteiger partial charge in [0.1, 0.15) is 0 Å². The van der Waals surface area contributed by atoms with Crippen molar-refractivity contribution in [1.82, 2.24) is 9.78 Å². The fraction of sp³-hybridized carbons (Fsp3) is 0.400. The third-order valence-electron chi connectivity index (χ3n) is 4.06. The lowest BCUT2D eigenvalue weighted by Crippen LogP contribution is -2.36. The Morgan fingerprint density at radius 2 is 2.06 bits per heavy atom. The Labute approximate surface area is 108 Å². The Kier molecular flexibility index (Phi) is 2.71. The van der Waals surface area contributed by atoms with Gasteiger partial charge in [0.15, 0.2) is 0 Å². The summed E-state index contributed by atoms with van der Waals surface area (Å²) in [6.45, 7) is 0. The zero-order valence-corrected chi connectivity index (χ0v) is 10.7. The SMILES string of the molecule is Cn1cc(CC(N)C2(c3ccccc3)CC2)cn1. The first-order valence-corrected chi connectivity index (χ1v) is 6.49. The molecule has 3 heteroatoms. The lowest BCUT2D eigenvalue weighted by atomic mass is 9.85. The Morgan fingerprint density at radius 1 is 1.33 bits per heavy atom. The molecule has 2 aromatic rings. The van der Waals surface area contributed by atoms with Crippen LogP contribution >= 0.6 is 0 Å². The molecule has 1 saturated carbocycles. The van der Waals surface area contributed by atoms with Crippen LogP contribution in [0.3, 0.4) is 0 Å². The normalized spacial score (nSPS) is 18.6. The Hall–Kier alpha value is -1.61. The first kappa shape index (κ1) is 11.5. The second-order valence-electron chi connectivity index (χ2n) is 5.36. The van der Waals surface area contributed by atoms with Gasteiger partial charge in [-0.3, -0.25) is 4.68 Å². The van der Waals surface area contributed by atoms with Crippen molar-refractivity contribution >= 4 is 0 Å². The standard InChI is InChI=1S/C15H19N3/c1-18-11-12(10-17-18)9-14(16)15(7-8-15)13-5-3-2-4-6-13/h2-6,10-11,14H,7-9,16H2,1H3. The molecule has 0 radical (unpaired) electrons. The predicted molar refractivity (Wildman–Crippen MR) is 72.2 cm³/mol. The molecule has 1 heterocycles. The molecule has 1 atom stereocenters. The first-order chi connectivity index (χ1) is 8.71. The maximum Gasteiger partial charge on any atom is 0.0522 e. The minimum Gasteiger partial charge on any atom is -0.327 e. The zero-order chi connectivity index (χ0) is 12.6. The van der Waals surface area contributed by atoms with Crippen molar-refractivity contribution in [2.24, 2.45) is 12.8 Å². The second kappa shape index (κ2) is 4.25. The number of aryl methyl sites for hydroxylation is 1. The van der Waals surface area contributed by atoms with Crippen molar-refractivity contribution in [3.8, 4) is 0 Å². The summed E-state index contributed by atoms with van der Waals surface area (Å²) in [4.78, 5) is 0. The Morgan fingerprint density at radius 3 is 2.61 bits per heavy atom. The van der Waals surface area contributed by atoms with E-state index in [9.17, 15) is 0 Å². The van der Waals surface area contributed by atoms with E-state index in [4.69, 9.17) is 5.73 Å². The van der Waals surface area contributed by atoms with Gasteiger partial charge in [-0.05, 0) is 30.4 Å².